The number of aromatic nitrogens is 1. The number of guanidine groups is 1. The second-order valence-corrected chi connectivity index (χ2v) is 8.94. The lowest BCUT2D eigenvalue weighted by atomic mass is 10.1. The maximum absolute atomic E-state index is 12.7. The van der Waals surface area contributed by atoms with Gasteiger partial charge >= 0.3 is 6.09 Å². The first-order valence-corrected chi connectivity index (χ1v) is 11.4. The van der Waals surface area contributed by atoms with E-state index in [2.05, 4.69) is 25.5 Å². The molecule has 1 aliphatic heterocycles. The molecule has 8 nitrogen and oxygen atoms in total. The van der Waals surface area contributed by atoms with Gasteiger partial charge < -0.3 is 25.2 Å². The zero-order valence-corrected chi connectivity index (χ0v) is 19.7. The molecule has 2 rings (SSSR count). The number of aliphatic imine (C=N–C) groups is 1. The molecule has 0 unspecified atom stereocenters. The summed E-state index contributed by atoms with van der Waals surface area (Å²) < 4.78 is 5.59. The Hall–Kier alpha value is -2.35. The zero-order valence-electron chi connectivity index (χ0n) is 19.7. The van der Waals surface area contributed by atoms with E-state index in [-0.39, 0.29) is 6.09 Å². The van der Waals surface area contributed by atoms with Crippen LogP contribution in [0.1, 0.15) is 52.0 Å². The lowest BCUT2D eigenvalue weighted by Crippen LogP contribution is -2.43. The molecule has 1 aromatic rings. The molecule has 2 heterocycles. The highest BCUT2D eigenvalue weighted by atomic mass is 16.6. The minimum atomic E-state index is -0.525. The van der Waals surface area contributed by atoms with Crippen molar-refractivity contribution in [3.05, 3.63) is 30.1 Å². The van der Waals surface area contributed by atoms with Crippen LogP contribution in [0.25, 0.3) is 0 Å². The molecule has 0 spiro atoms. The fraction of sp³-hybridized carbons (Fsp3) is 0.696. The maximum atomic E-state index is 12.7. The molecule has 174 valence electrons. The van der Waals surface area contributed by atoms with E-state index in [4.69, 9.17) is 4.74 Å². The van der Waals surface area contributed by atoms with Crippen LogP contribution in [0.2, 0.25) is 0 Å². The van der Waals surface area contributed by atoms with Crippen LogP contribution in [0.5, 0.6) is 0 Å². The van der Waals surface area contributed by atoms with Gasteiger partial charge in [-0.3, -0.25) is 9.98 Å². The molecule has 0 atom stereocenters. The number of ether oxygens (including phenoxy) is 1. The average Bonchev–Trinajstić information content (AvgIpc) is 2.74. The third kappa shape index (κ3) is 10.5. The first kappa shape index (κ1) is 24.9. The number of pyridine rings is 1. The highest BCUT2D eigenvalue weighted by Gasteiger charge is 2.22. The van der Waals surface area contributed by atoms with Gasteiger partial charge in [0.1, 0.15) is 5.60 Å². The van der Waals surface area contributed by atoms with E-state index in [1.807, 2.05) is 32.9 Å². The summed E-state index contributed by atoms with van der Waals surface area (Å²) >= 11 is 0. The molecule has 31 heavy (non-hydrogen) atoms. The maximum Gasteiger partial charge on any atom is 0.410 e. The molecule has 0 radical (unpaired) electrons. The molecule has 1 aromatic heterocycles. The van der Waals surface area contributed by atoms with Crippen LogP contribution >= 0.6 is 0 Å². The molecule has 0 aromatic carbocycles. The lowest BCUT2D eigenvalue weighted by molar-refractivity contribution is 0.0232. The molecule has 1 saturated heterocycles. The van der Waals surface area contributed by atoms with Gasteiger partial charge in [0.15, 0.2) is 5.96 Å². The molecule has 0 bridgehead atoms. The fourth-order valence-electron chi connectivity index (χ4n) is 3.49. The Bertz CT molecular complexity index is 668. The number of nitrogens with zero attached hydrogens (tertiary/aromatic N) is 4. The molecule has 1 aliphatic rings. The van der Waals surface area contributed by atoms with Gasteiger partial charge in [-0.15, -0.1) is 0 Å². The van der Waals surface area contributed by atoms with Gasteiger partial charge in [0.05, 0.1) is 6.54 Å². The molecular formula is C23H40N6O2. The van der Waals surface area contributed by atoms with Crippen molar-refractivity contribution < 1.29 is 9.53 Å². The smallest absolute Gasteiger partial charge is 0.410 e. The molecule has 0 aliphatic carbocycles. The number of hydrogen-bond donors (Lipinski definition) is 2. The second-order valence-electron chi connectivity index (χ2n) is 8.94. The van der Waals surface area contributed by atoms with Gasteiger partial charge in [-0.05, 0) is 64.8 Å². The first-order valence-electron chi connectivity index (χ1n) is 11.4. The number of rotatable bonds is 9. The van der Waals surface area contributed by atoms with E-state index in [1.54, 1.807) is 24.3 Å². The third-order valence-corrected chi connectivity index (χ3v) is 5.04. The van der Waals surface area contributed by atoms with Crippen LogP contribution in [0.4, 0.5) is 4.79 Å². The number of piperidine rings is 1. The molecule has 1 fully saturated rings. The third-order valence-electron chi connectivity index (χ3n) is 5.04. The Morgan fingerprint density at radius 1 is 1.23 bits per heavy atom. The SMILES string of the molecule is CN=C(NCCCN(Cc1cccnc1)C(=O)OC(C)(C)C)NCCN1CCCCC1. The van der Waals surface area contributed by atoms with Crippen LogP contribution < -0.4 is 10.6 Å². The molecule has 1 amide bonds. The summed E-state index contributed by atoms with van der Waals surface area (Å²) in [6.45, 7) is 11.7. The highest BCUT2D eigenvalue weighted by molar-refractivity contribution is 5.79. The van der Waals surface area contributed by atoms with Crippen LogP contribution in [0, 0.1) is 0 Å². The van der Waals surface area contributed by atoms with E-state index in [9.17, 15) is 4.79 Å². The monoisotopic (exact) mass is 432 g/mol. The van der Waals surface area contributed by atoms with Gasteiger partial charge in [0.2, 0.25) is 0 Å². The van der Waals surface area contributed by atoms with Crippen molar-refractivity contribution in [1.82, 2.24) is 25.4 Å². The minimum absolute atomic E-state index is 0.305. The molecule has 8 heteroatoms. The van der Waals surface area contributed by atoms with Crippen molar-refractivity contribution in [1.29, 1.82) is 0 Å². The predicted octanol–water partition coefficient (Wildman–Crippen LogP) is 2.86. The van der Waals surface area contributed by atoms with Crippen molar-refractivity contribution in [2.45, 2.75) is 58.6 Å². The molecular weight excluding hydrogens is 392 g/mol. The molecule has 0 saturated carbocycles. The summed E-state index contributed by atoms with van der Waals surface area (Å²) in [4.78, 5) is 25.3. The Labute approximate surface area is 187 Å². The van der Waals surface area contributed by atoms with Gasteiger partial charge in [-0.1, -0.05) is 12.5 Å². The first-order chi connectivity index (χ1) is 14.9. The van der Waals surface area contributed by atoms with Crippen molar-refractivity contribution >= 4 is 12.1 Å². The number of likely N-dealkylation sites (tertiary alicyclic amines) is 1. The lowest BCUT2D eigenvalue weighted by Gasteiger charge is -2.28. The minimum Gasteiger partial charge on any atom is -0.444 e. The molecule has 2 N–H and O–H groups in total. The standard InChI is InChI=1S/C23H40N6O2/c1-23(2,3)31-22(30)29(19-20-10-8-11-25-18-20)16-9-12-26-21(24-4)27-13-17-28-14-6-5-7-15-28/h8,10-11,18H,5-7,9,12-17,19H2,1-4H3,(H2,24,26,27). The van der Waals surface area contributed by atoms with E-state index >= 15 is 0 Å². The summed E-state index contributed by atoms with van der Waals surface area (Å²) in [5.74, 6) is 0.799. The second kappa shape index (κ2) is 13.1. The number of nitrogens with one attached hydrogen (secondary N) is 2. The summed E-state index contributed by atoms with van der Waals surface area (Å²) in [7, 11) is 1.78. The van der Waals surface area contributed by atoms with Crippen LogP contribution in [0.15, 0.2) is 29.5 Å². The zero-order chi connectivity index (χ0) is 22.5. The van der Waals surface area contributed by atoms with Gasteiger partial charge in [0.25, 0.3) is 0 Å². The van der Waals surface area contributed by atoms with Crippen molar-refractivity contribution in [2.24, 2.45) is 4.99 Å². The number of carbonyl (C=O) groups is 1. The Kier molecular flexibility index (Phi) is 10.6. The number of amides is 1. The van der Waals surface area contributed by atoms with E-state index in [0.29, 0.717) is 13.1 Å². The topological polar surface area (TPSA) is 82.1 Å². The van der Waals surface area contributed by atoms with Crippen LogP contribution in [-0.4, -0.2) is 78.8 Å². The van der Waals surface area contributed by atoms with Crippen molar-refractivity contribution in [3.8, 4) is 0 Å². The summed E-state index contributed by atoms with van der Waals surface area (Å²) in [5.41, 5.74) is 0.458. The number of hydrogen-bond acceptors (Lipinski definition) is 5. The average molecular weight is 433 g/mol. The Balaban J connectivity index is 1.75. The normalized spacial score (nSPS) is 15.4. The summed E-state index contributed by atoms with van der Waals surface area (Å²) in [5, 5.41) is 6.73. The van der Waals surface area contributed by atoms with Crippen molar-refractivity contribution in [3.63, 3.8) is 0 Å². The fourth-order valence-corrected chi connectivity index (χ4v) is 3.49. The highest BCUT2D eigenvalue weighted by Crippen LogP contribution is 2.13. The van der Waals surface area contributed by atoms with E-state index < -0.39 is 5.60 Å². The Morgan fingerprint density at radius 2 is 1.97 bits per heavy atom. The van der Waals surface area contributed by atoms with Gasteiger partial charge in [-0.25, -0.2) is 4.79 Å². The Morgan fingerprint density at radius 3 is 2.61 bits per heavy atom. The summed E-state index contributed by atoms with van der Waals surface area (Å²) in [6, 6.07) is 3.85. The largest absolute Gasteiger partial charge is 0.444 e. The van der Waals surface area contributed by atoms with Crippen LogP contribution in [0.3, 0.4) is 0 Å². The van der Waals surface area contributed by atoms with E-state index in [1.165, 1.54) is 32.4 Å². The number of carbonyl (C=O) groups excluding carboxylic acids is 1. The summed E-state index contributed by atoms with van der Waals surface area (Å²) in [6.07, 6.45) is 7.96. The van der Waals surface area contributed by atoms with Crippen LogP contribution in [-0.2, 0) is 11.3 Å². The van der Waals surface area contributed by atoms with Crippen molar-refractivity contribution in [2.75, 3.05) is 46.3 Å². The van der Waals surface area contributed by atoms with E-state index in [0.717, 1.165) is 37.6 Å². The predicted molar refractivity (Wildman–Crippen MR) is 125 cm³/mol. The van der Waals surface area contributed by atoms with Gasteiger partial charge in [0, 0.05) is 45.6 Å². The quantitative estimate of drug-likeness (QED) is 0.355. The van der Waals surface area contributed by atoms with Gasteiger partial charge in [-0.2, -0.15) is 0 Å².